The van der Waals surface area contributed by atoms with Gasteiger partial charge in [0.25, 0.3) is 0 Å². The fourth-order valence-electron chi connectivity index (χ4n) is 2.23. The summed E-state index contributed by atoms with van der Waals surface area (Å²) < 4.78 is 10.1. The summed E-state index contributed by atoms with van der Waals surface area (Å²) in [6.45, 7) is 6.59. The van der Waals surface area contributed by atoms with Crippen LogP contribution in [0, 0.1) is 13.8 Å². The molecule has 4 nitrogen and oxygen atoms in total. The van der Waals surface area contributed by atoms with Gasteiger partial charge in [-0.3, -0.25) is 9.69 Å². The molecule has 1 rings (SSSR count). The number of methoxy groups -OCH3 is 2. The summed E-state index contributed by atoms with van der Waals surface area (Å²) >= 11 is 0. The highest BCUT2D eigenvalue weighted by Crippen LogP contribution is 2.25. The Morgan fingerprint density at radius 2 is 1.79 bits per heavy atom. The Morgan fingerprint density at radius 1 is 1.26 bits per heavy atom. The fraction of sp³-hybridized carbons (Fsp3) is 0.533. The second-order valence-electron chi connectivity index (χ2n) is 4.88. The molecule has 0 heterocycles. The van der Waals surface area contributed by atoms with Crippen LogP contribution in [-0.4, -0.2) is 38.2 Å². The molecular weight excluding hydrogens is 242 g/mol. The normalized spacial score (nSPS) is 12.4. The predicted octanol–water partition coefficient (Wildman–Crippen LogP) is 2.31. The van der Waals surface area contributed by atoms with Gasteiger partial charge in [-0.2, -0.15) is 0 Å². The largest absolute Gasteiger partial charge is 0.496 e. The molecule has 0 fully saturated rings. The number of aryl methyl sites for hydroxylation is 2. The van der Waals surface area contributed by atoms with Gasteiger partial charge in [-0.05, 0) is 44.5 Å². The Hall–Kier alpha value is -1.55. The molecule has 106 valence electrons. The average Bonchev–Trinajstić information content (AvgIpc) is 2.36. The number of ether oxygens (including phenoxy) is 2. The van der Waals surface area contributed by atoms with E-state index >= 15 is 0 Å². The lowest BCUT2D eigenvalue weighted by molar-refractivity contribution is -0.145. The monoisotopic (exact) mass is 265 g/mol. The molecular formula is C15H23NO3. The van der Waals surface area contributed by atoms with Crippen molar-refractivity contribution in [1.82, 2.24) is 4.90 Å². The number of rotatable bonds is 5. The molecule has 1 aromatic carbocycles. The number of hydrogen-bond acceptors (Lipinski definition) is 4. The van der Waals surface area contributed by atoms with Gasteiger partial charge in [0.15, 0.2) is 0 Å². The predicted molar refractivity (Wildman–Crippen MR) is 75.4 cm³/mol. The average molecular weight is 265 g/mol. The second-order valence-corrected chi connectivity index (χ2v) is 4.88. The van der Waals surface area contributed by atoms with Gasteiger partial charge in [0, 0.05) is 6.54 Å². The third kappa shape index (κ3) is 3.70. The van der Waals surface area contributed by atoms with Gasteiger partial charge >= 0.3 is 5.97 Å². The maximum absolute atomic E-state index is 11.5. The Bertz CT molecular complexity index is 434. The number of carbonyl (C=O) groups is 1. The van der Waals surface area contributed by atoms with E-state index in [4.69, 9.17) is 9.47 Å². The molecule has 1 unspecified atom stereocenters. The second kappa shape index (κ2) is 6.57. The number of carbonyl (C=O) groups excluding carboxylic acids is 1. The van der Waals surface area contributed by atoms with Crippen molar-refractivity contribution in [2.45, 2.75) is 33.4 Å². The van der Waals surface area contributed by atoms with Crippen LogP contribution in [0.4, 0.5) is 0 Å². The number of hydrogen-bond donors (Lipinski definition) is 0. The van der Waals surface area contributed by atoms with E-state index in [0.717, 1.165) is 22.4 Å². The van der Waals surface area contributed by atoms with Crippen LogP contribution in [0.2, 0.25) is 0 Å². The van der Waals surface area contributed by atoms with Crippen LogP contribution in [0.5, 0.6) is 5.75 Å². The van der Waals surface area contributed by atoms with Crippen molar-refractivity contribution in [3.8, 4) is 5.75 Å². The molecule has 0 N–H and O–H groups in total. The van der Waals surface area contributed by atoms with Crippen molar-refractivity contribution in [1.29, 1.82) is 0 Å². The van der Waals surface area contributed by atoms with Gasteiger partial charge in [-0.25, -0.2) is 0 Å². The van der Waals surface area contributed by atoms with Crippen LogP contribution in [0.1, 0.15) is 23.6 Å². The van der Waals surface area contributed by atoms with Crippen molar-refractivity contribution >= 4 is 5.97 Å². The van der Waals surface area contributed by atoms with E-state index < -0.39 is 0 Å². The first-order valence-electron chi connectivity index (χ1n) is 6.32. The van der Waals surface area contributed by atoms with Gasteiger partial charge in [0.2, 0.25) is 0 Å². The van der Waals surface area contributed by atoms with Gasteiger partial charge in [-0.1, -0.05) is 12.1 Å². The molecule has 0 aliphatic heterocycles. The minimum absolute atomic E-state index is 0.218. The van der Waals surface area contributed by atoms with Gasteiger partial charge in [0.05, 0.1) is 14.2 Å². The molecule has 4 heteroatoms. The Labute approximate surface area is 115 Å². The molecule has 0 aromatic heterocycles. The van der Waals surface area contributed by atoms with E-state index in [9.17, 15) is 4.79 Å². The highest BCUT2D eigenvalue weighted by atomic mass is 16.5. The van der Waals surface area contributed by atoms with E-state index in [1.807, 2.05) is 32.7 Å². The zero-order valence-corrected chi connectivity index (χ0v) is 12.6. The highest BCUT2D eigenvalue weighted by molar-refractivity contribution is 5.75. The van der Waals surface area contributed by atoms with Gasteiger partial charge in [-0.15, -0.1) is 0 Å². The van der Waals surface area contributed by atoms with Crippen molar-refractivity contribution in [3.63, 3.8) is 0 Å². The van der Waals surface area contributed by atoms with Crippen molar-refractivity contribution in [3.05, 3.63) is 28.8 Å². The van der Waals surface area contributed by atoms with Crippen LogP contribution in [0.15, 0.2) is 12.1 Å². The third-order valence-corrected chi connectivity index (χ3v) is 3.36. The van der Waals surface area contributed by atoms with Crippen LogP contribution in [0.3, 0.4) is 0 Å². The quantitative estimate of drug-likeness (QED) is 0.766. The Balaban J connectivity index is 2.86. The minimum atomic E-state index is -0.257. The van der Waals surface area contributed by atoms with E-state index in [2.05, 4.69) is 12.1 Å². The van der Waals surface area contributed by atoms with Crippen LogP contribution in [0.25, 0.3) is 0 Å². The minimum Gasteiger partial charge on any atom is -0.496 e. The first-order valence-corrected chi connectivity index (χ1v) is 6.32. The third-order valence-electron chi connectivity index (χ3n) is 3.36. The lowest BCUT2D eigenvalue weighted by Crippen LogP contribution is -2.36. The molecule has 0 aliphatic rings. The summed E-state index contributed by atoms with van der Waals surface area (Å²) in [5.41, 5.74) is 3.38. The van der Waals surface area contributed by atoms with Crippen molar-refractivity contribution in [2.24, 2.45) is 0 Å². The summed E-state index contributed by atoms with van der Waals surface area (Å²) in [7, 11) is 5.01. The zero-order valence-electron chi connectivity index (χ0n) is 12.6. The maximum Gasteiger partial charge on any atom is 0.322 e. The van der Waals surface area contributed by atoms with Crippen LogP contribution in [-0.2, 0) is 16.1 Å². The molecule has 0 saturated carbocycles. The summed E-state index contributed by atoms with van der Waals surface area (Å²) in [5.74, 6) is 0.705. The number of benzene rings is 1. The number of nitrogens with zero attached hydrogens (tertiary/aromatic N) is 1. The molecule has 19 heavy (non-hydrogen) atoms. The van der Waals surface area contributed by atoms with E-state index in [1.54, 1.807) is 7.11 Å². The topological polar surface area (TPSA) is 38.8 Å². The zero-order chi connectivity index (χ0) is 14.6. The molecule has 0 aliphatic carbocycles. The fourth-order valence-corrected chi connectivity index (χ4v) is 2.23. The first-order chi connectivity index (χ1) is 8.90. The lowest BCUT2D eigenvalue weighted by atomic mass is 10.0. The Morgan fingerprint density at radius 3 is 2.21 bits per heavy atom. The summed E-state index contributed by atoms with van der Waals surface area (Å²) in [4.78, 5) is 13.5. The van der Waals surface area contributed by atoms with Crippen LogP contribution >= 0.6 is 0 Å². The summed E-state index contributed by atoms with van der Waals surface area (Å²) in [5, 5.41) is 0. The van der Waals surface area contributed by atoms with Gasteiger partial charge in [0.1, 0.15) is 11.8 Å². The van der Waals surface area contributed by atoms with Crippen molar-refractivity contribution < 1.29 is 14.3 Å². The molecule has 0 saturated heterocycles. The first kappa shape index (κ1) is 15.5. The summed E-state index contributed by atoms with van der Waals surface area (Å²) in [6.07, 6.45) is 0. The molecule has 0 radical (unpaired) electrons. The number of esters is 1. The summed E-state index contributed by atoms with van der Waals surface area (Å²) in [6, 6.07) is 3.92. The van der Waals surface area contributed by atoms with E-state index in [-0.39, 0.29) is 12.0 Å². The molecule has 0 amide bonds. The maximum atomic E-state index is 11.5. The molecule has 0 spiro atoms. The molecule has 1 atom stereocenters. The van der Waals surface area contributed by atoms with Gasteiger partial charge < -0.3 is 9.47 Å². The van der Waals surface area contributed by atoms with E-state index in [1.165, 1.54) is 7.11 Å². The highest BCUT2D eigenvalue weighted by Gasteiger charge is 2.19. The van der Waals surface area contributed by atoms with E-state index in [0.29, 0.717) is 6.54 Å². The standard InChI is InChI=1S/C15H23NO3/c1-10-7-13(8-11(2)14(10)18-5)9-16(4)12(3)15(17)19-6/h7-8,12H,9H2,1-6H3. The molecule has 1 aromatic rings. The SMILES string of the molecule is COC(=O)C(C)N(C)Cc1cc(C)c(OC)c(C)c1. The smallest absolute Gasteiger partial charge is 0.322 e. The molecule has 0 bridgehead atoms. The number of likely N-dealkylation sites (N-methyl/N-ethyl adjacent to an activating group) is 1. The van der Waals surface area contributed by atoms with Crippen LogP contribution < -0.4 is 4.74 Å². The van der Waals surface area contributed by atoms with Crippen molar-refractivity contribution in [2.75, 3.05) is 21.3 Å². The lowest BCUT2D eigenvalue weighted by Gasteiger charge is -2.23. The Kier molecular flexibility index (Phi) is 5.36.